The van der Waals surface area contributed by atoms with E-state index in [1.54, 1.807) is 0 Å². The Morgan fingerprint density at radius 1 is 1.09 bits per heavy atom. The molecule has 4 fully saturated rings. The van der Waals surface area contributed by atoms with Gasteiger partial charge in [-0.05, 0) is 76.2 Å². The van der Waals surface area contributed by atoms with E-state index in [0.717, 1.165) is 87.6 Å². The molecule has 6 heterocycles. The largest absolute Gasteiger partial charge is 0.461 e. The molecule has 2 bridgehead atoms. The minimum Gasteiger partial charge on any atom is -0.461 e. The molecule has 0 aliphatic carbocycles. The highest BCUT2D eigenvalue weighted by Gasteiger charge is 2.45. The van der Waals surface area contributed by atoms with Crippen molar-refractivity contribution in [3.8, 4) is 17.1 Å². The minimum atomic E-state index is -4.96. The van der Waals surface area contributed by atoms with Gasteiger partial charge in [0, 0.05) is 34.6 Å². The van der Waals surface area contributed by atoms with Gasteiger partial charge in [-0.2, -0.15) is 23.1 Å². The molecule has 0 radical (unpaired) electrons. The molecule has 2 aromatic carbocycles. The number of halogens is 5. The number of anilines is 2. The van der Waals surface area contributed by atoms with Crippen LogP contribution in [-0.4, -0.2) is 63.2 Å². The smallest absolute Gasteiger partial charge is 0.417 e. The van der Waals surface area contributed by atoms with E-state index < -0.39 is 28.9 Å². The molecule has 2 aromatic heterocycles. The molecule has 8 rings (SSSR count). The standard InChI is InChI=1S/C30H30F5N7OS/c31-18-5-4-15(24-25(18)44-27(36)39-24)21-17(30(33,34)35)12-16-23(22(21)32)40-28(43-13-29-7-1-9-42(29)10-2-8-29)41-26(16)38-20-11-14-3-6-19(20)37-14/h4-5,12,14,19-20,37H,1-3,6-11,13H2,(H2,36,39)(H,38,40,41)/t14-,19?,20?/m1/s1. The van der Waals surface area contributed by atoms with Crippen LogP contribution >= 0.6 is 11.3 Å². The van der Waals surface area contributed by atoms with Crippen molar-refractivity contribution in [3.05, 3.63) is 35.4 Å². The fraction of sp³-hybridized carbons (Fsp3) is 0.500. The van der Waals surface area contributed by atoms with Gasteiger partial charge in [-0.1, -0.05) is 11.3 Å². The number of alkyl halides is 3. The zero-order valence-corrected chi connectivity index (χ0v) is 24.4. The summed E-state index contributed by atoms with van der Waals surface area (Å²) in [5.41, 5.74) is 2.96. The summed E-state index contributed by atoms with van der Waals surface area (Å²) >= 11 is 0.787. The average Bonchev–Trinajstić information content (AvgIpc) is 3.79. The van der Waals surface area contributed by atoms with Gasteiger partial charge in [-0.15, -0.1) is 0 Å². The molecule has 4 aliphatic rings. The SMILES string of the molecule is Nc1nc2c(-c3c(C(F)(F)F)cc4c(NC5C[C@H]6CCC5N6)nc(OCC56CCCN5CCC6)nc4c3F)ccc(F)c2s1. The van der Waals surface area contributed by atoms with Gasteiger partial charge in [-0.3, -0.25) is 4.90 Å². The summed E-state index contributed by atoms with van der Waals surface area (Å²) in [6, 6.07) is 3.23. The van der Waals surface area contributed by atoms with Gasteiger partial charge in [-0.25, -0.2) is 13.8 Å². The first-order chi connectivity index (χ1) is 21.1. The van der Waals surface area contributed by atoms with Gasteiger partial charge in [0.25, 0.3) is 0 Å². The summed E-state index contributed by atoms with van der Waals surface area (Å²) < 4.78 is 81.5. The van der Waals surface area contributed by atoms with E-state index >= 15 is 4.39 Å². The van der Waals surface area contributed by atoms with Crippen LogP contribution in [0.15, 0.2) is 18.2 Å². The van der Waals surface area contributed by atoms with E-state index in [9.17, 15) is 17.6 Å². The molecule has 2 unspecified atom stereocenters. The van der Waals surface area contributed by atoms with Crippen molar-refractivity contribution in [3.63, 3.8) is 0 Å². The molecule has 0 spiro atoms. The lowest BCUT2D eigenvalue weighted by Crippen LogP contribution is -2.43. The number of nitrogens with two attached hydrogens (primary N) is 1. The number of aromatic nitrogens is 3. The number of nitrogens with one attached hydrogen (secondary N) is 2. The second kappa shape index (κ2) is 10.1. The molecule has 14 heteroatoms. The maximum atomic E-state index is 16.7. The molecule has 0 saturated carbocycles. The monoisotopic (exact) mass is 631 g/mol. The third-order valence-corrected chi connectivity index (χ3v) is 10.8. The fourth-order valence-electron chi connectivity index (χ4n) is 7.88. The second-order valence-electron chi connectivity index (χ2n) is 12.4. The van der Waals surface area contributed by atoms with Crippen LogP contribution in [0.1, 0.15) is 50.5 Å². The van der Waals surface area contributed by atoms with E-state index in [-0.39, 0.29) is 61.3 Å². The Balaban J connectivity index is 1.30. The third-order valence-electron chi connectivity index (χ3n) is 9.90. The number of ether oxygens (including phenoxy) is 1. The summed E-state index contributed by atoms with van der Waals surface area (Å²) in [5.74, 6) is -1.82. The third kappa shape index (κ3) is 4.47. The quantitative estimate of drug-likeness (QED) is 0.220. The lowest BCUT2D eigenvalue weighted by Gasteiger charge is -2.31. The van der Waals surface area contributed by atoms with E-state index in [1.807, 2.05) is 0 Å². The molecular weight excluding hydrogens is 601 g/mol. The summed E-state index contributed by atoms with van der Waals surface area (Å²) in [5, 5.41) is 6.67. The van der Waals surface area contributed by atoms with Crippen molar-refractivity contribution < 1.29 is 26.7 Å². The number of benzene rings is 2. The molecule has 0 amide bonds. The number of hydrogen-bond acceptors (Lipinski definition) is 9. The number of hydrogen-bond donors (Lipinski definition) is 3. The molecule has 3 atom stereocenters. The Morgan fingerprint density at radius 3 is 2.59 bits per heavy atom. The first kappa shape index (κ1) is 28.1. The Kier molecular flexibility index (Phi) is 6.44. The Labute approximate surface area is 253 Å². The number of nitrogen functional groups attached to an aromatic ring is 1. The van der Waals surface area contributed by atoms with Gasteiger partial charge in [0.2, 0.25) is 0 Å². The predicted molar refractivity (Wildman–Crippen MR) is 158 cm³/mol. The van der Waals surface area contributed by atoms with Crippen LogP contribution in [-0.2, 0) is 6.18 Å². The number of nitrogens with zero attached hydrogens (tertiary/aromatic N) is 4. The van der Waals surface area contributed by atoms with Crippen molar-refractivity contribution in [2.24, 2.45) is 0 Å². The second-order valence-corrected chi connectivity index (χ2v) is 13.5. The maximum Gasteiger partial charge on any atom is 0.417 e. The maximum absolute atomic E-state index is 16.7. The van der Waals surface area contributed by atoms with E-state index in [0.29, 0.717) is 12.6 Å². The Hall–Kier alpha value is -3.36. The van der Waals surface area contributed by atoms with Crippen LogP contribution in [0.3, 0.4) is 0 Å². The van der Waals surface area contributed by atoms with E-state index in [1.165, 1.54) is 0 Å². The van der Waals surface area contributed by atoms with Crippen LogP contribution in [0.5, 0.6) is 6.01 Å². The summed E-state index contributed by atoms with van der Waals surface area (Å²) in [4.78, 5) is 15.4. The first-order valence-corrected chi connectivity index (χ1v) is 15.8. The predicted octanol–water partition coefficient (Wildman–Crippen LogP) is 6.10. The minimum absolute atomic E-state index is 0.0441. The molecule has 232 valence electrons. The van der Waals surface area contributed by atoms with Crippen molar-refractivity contribution in [2.45, 2.75) is 74.8 Å². The number of thiazole rings is 1. The van der Waals surface area contributed by atoms with Crippen LogP contribution in [0.4, 0.5) is 32.9 Å². The molecule has 4 aromatic rings. The molecule has 4 saturated heterocycles. The highest BCUT2D eigenvalue weighted by Crippen LogP contribution is 2.46. The van der Waals surface area contributed by atoms with Gasteiger partial charge < -0.3 is 21.1 Å². The average molecular weight is 632 g/mol. The fourth-order valence-corrected chi connectivity index (χ4v) is 8.64. The van der Waals surface area contributed by atoms with Gasteiger partial charge in [0.1, 0.15) is 23.8 Å². The number of rotatable bonds is 6. The topological polar surface area (TPSA) is 101 Å². The van der Waals surface area contributed by atoms with Crippen molar-refractivity contribution in [1.29, 1.82) is 0 Å². The number of fused-ring (bicyclic) bond motifs is 5. The van der Waals surface area contributed by atoms with Gasteiger partial charge >= 0.3 is 12.2 Å². The molecule has 8 nitrogen and oxygen atoms in total. The Bertz CT molecular complexity index is 1790. The van der Waals surface area contributed by atoms with Crippen LogP contribution in [0, 0.1) is 11.6 Å². The Morgan fingerprint density at radius 2 is 1.89 bits per heavy atom. The highest BCUT2D eigenvalue weighted by molar-refractivity contribution is 7.22. The zero-order valence-electron chi connectivity index (χ0n) is 23.6. The van der Waals surface area contributed by atoms with Gasteiger partial charge in [0.05, 0.1) is 21.3 Å². The molecule has 44 heavy (non-hydrogen) atoms. The zero-order chi connectivity index (χ0) is 30.4. The van der Waals surface area contributed by atoms with Crippen LogP contribution in [0.25, 0.3) is 32.2 Å². The summed E-state index contributed by atoms with van der Waals surface area (Å²) in [6.45, 7) is 2.27. The molecule has 4 aliphatic heterocycles. The van der Waals surface area contributed by atoms with Crippen molar-refractivity contribution >= 4 is 43.4 Å². The molecule has 4 N–H and O–H groups in total. The lowest BCUT2D eigenvalue weighted by atomic mass is 9.94. The van der Waals surface area contributed by atoms with E-state index in [2.05, 4.69) is 30.5 Å². The van der Waals surface area contributed by atoms with E-state index in [4.69, 9.17) is 10.5 Å². The summed E-state index contributed by atoms with van der Waals surface area (Å²) in [6.07, 6.45) is 1.81. The van der Waals surface area contributed by atoms with Crippen molar-refractivity contribution in [1.82, 2.24) is 25.2 Å². The van der Waals surface area contributed by atoms with Crippen LogP contribution in [0.2, 0.25) is 0 Å². The highest BCUT2D eigenvalue weighted by atomic mass is 32.1. The van der Waals surface area contributed by atoms with Gasteiger partial charge in [0.15, 0.2) is 10.9 Å². The summed E-state index contributed by atoms with van der Waals surface area (Å²) in [7, 11) is 0. The normalized spacial score (nSPS) is 24.5. The lowest BCUT2D eigenvalue weighted by molar-refractivity contribution is -0.137. The first-order valence-electron chi connectivity index (χ1n) is 15.0. The van der Waals surface area contributed by atoms with Crippen LogP contribution < -0.4 is 21.1 Å². The molecular formula is C30H30F5N7OS. The van der Waals surface area contributed by atoms with Crippen molar-refractivity contribution in [2.75, 3.05) is 30.7 Å².